The molecule has 0 unspecified atom stereocenters. The minimum atomic E-state index is 0.833. The second kappa shape index (κ2) is 10.3. The molecular formula is C44H26N4O2. The Balaban J connectivity index is 1.06. The fourth-order valence-electron chi connectivity index (χ4n) is 7.48. The Kier molecular flexibility index (Phi) is 5.57. The molecule has 8 aromatic carbocycles. The van der Waals surface area contributed by atoms with Gasteiger partial charge >= 0.3 is 0 Å². The number of anilines is 6. The molecule has 0 saturated carbocycles. The average molecular weight is 643 g/mol. The summed E-state index contributed by atoms with van der Waals surface area (Å²) in [6.45, 7) is 0. The van der Waals surface area contributed by atoms with E-state index in [9.17, 15) is 0 Å². The Labute approximate surface area is 287 Å². The van der Waals surface area contributed by atoms with E-state index in [2.05, 4.69) is 94.7 Å². The smallest absolute Gasteiger partial charge is 0.151 e. The Morgan fingerprint density at radius 1 is 0.360 bits per heavy atom. The second-order valence-electron chi connectivity index (χ2n) is 12.6. The van der Waals surface area contributed by atoms with Crippen LogP contribution in [0.3, 0.4) is 0 Å². The first kappa shape index (κ1) is 27.1. The zero-order chi connectivity index (χ0) is 32.8. The maximum atomic E-state index is 6.26. The number of hydrogen-bond acceptors (Lipinski definition) is 6. The lowest BCUT2D eigenvalue weighted by atomic mass is 10.0. The highest BCUT2D eigenvalue weighted by molar-refractivity contribution is 6.12. The number of rotatable bonds is 2. The number of fused-ring (bicyclic) bond motifs is 10. The Hall–Kier alpha value is -6.92. The molecule has 0 spiro atoms. The van der Waals surface area contributed by atoms with Crippen molar-refractivity contribution in [1.29, 1.82) is 0 Å². The lowest BCUT2D eigenvalue weighted by molar-refractivity contribution is 0.477. The van der Waals surface area contributed by atoms with Crippen molar-refractivity contribution in [3.05, 3.63) is 158 Å². The van der Waals surface area contributed by atoms with Crippen molar-refractivity contribution in [2.45, 2.75) is 0 Å². The summed E-state index contributed by atoms with van der Waals surface area (Å²) in [6.07, 6.45) is 0. The van der Waals surface area contributed by atoms with Gasteiger partial charge in [0, 0.05) is 22.1 Å². The van der Waals surface area contributed by atoms with Gasteiger partial charge in [0.15, 0.2) is 23.0 Å². The van der Waals surface area contributed by atoms with Crippen molar-refractivity contribution in [2.24, 2.45) is 0 Å². The average Bonchev–Trinajstić information content (AvgIpc) is 3.17. The predicted octanol–water partition coefficient (Wildman–Crippen LogP) is 12.2. The molecule has 6 heteroatoms. The van der Waals surface area contributed by atoms with E-state index < -0.39 is 0 Å². The van der Waals surface area contributed by atoms with Crippen molar-refractivity contribution in [2.75, 3.05) is 9.80 Å². The van der Waals surface area contributed by atoms with Gasteiger partial charge < -0.3 is 19.3 Å². The van der Waals surface area contributed by atoms with Gasteiger partial charge in [-0.1, -0.05) is 72.8 Å². The van der Waals surface area contributed by atoms with Crippen LogP contribution in [0.2, 0.25) is 0 Å². The molecule has 0 amide bonds. The van der Waals surface area contributed by atoms with Crippen molar-refractivity contribution in [3.63, 3.8) is 0 Å². The maximum absolute atomic E-state index is 6.26. The zero-order valence-corrected chi connectivity index (χ0v) is 26.6. The molecule has 0 atom stereocenters. The van der Waals surface area contributed by atoms with Crippen LogP contribution < -0.4 is 19.3 Å². The van der Waals surface area contributed by atoms with Crippen LogP contribution in [-0.2, 0) is 0 Å². The van der Waals surface area contributed by atoms with Crippen molar-refractivity contribution < 1.29 is 9.47 Å². The number of hydrogen-bond donors (Lipinski definition) is 0. The van der Waals surface area contributed by atoms with Crippen molar-refractivity contribution in [3.8, 4) is 23.0 Å². The van der Waals surface area contributed by atoms with Gasteiger partial charge in [-0.3, -0.25) is 0 Å². The van der Waals surface area contributed by atoms with E-state index in [4.69, 9.17) is 19.4 Å². The molecule has 0 saturated heterocycles. The van der Waals surface area contributed by atoms with Crippen LogP contribution in [0.1, 0.15) is 0 Å². The third-order valence-electron chi connectivity index (χ3n) is 9.75. The molecule has 1 aromatic heterocycles. The molecule has 50 heavy (non-hydrogen) atoms. The fraction of sp³-hybridized carbons (Fsp3) is 0. The molecule has 9 aromatic rings. The maximum Gasteiger partial charge on any atom is 0.151 e. The molecule has 2 aliphatic heterocycles. The van der Waals surface area contributed by atoms with Gasteiger partial charge in [0.1, 0.15) is 0 Å². The van der Waals surface area contributed by atoms with Gasteiger partial charge in [0.25, 0.3) is 0 Å². The van der Waals surface area contributed by atoms with Gasteiger partial charge in [0.05, 0.1) is 44.8 Å². The van der Waals surface area contributed by atoms with E-state index in [0.717, 1.165) is 101 Å². The summed E-state index contributed by atoms with van der Waals surface area (Å²) < 4.78 is 12.5. The lowest BCUT2D eigenvalue weighted by Gasteiger charge is -2.33. The largest absolute Gasteiger partial charge is 0.453 e. The number of benzene rings is 8. The summed E-state index contributed by atoms with van der Waals surface area (Å²) >= 11 is 0. The third-order valence-corrected chi connectivity index (χ3v) is 9.75. The van der Waals surface area contributed by atoms with E-state index in [-0.39, 0.29) is 0 Å². The van der Waals surface area contributed by atoms with Crippen LogP contribution in [0.25, 0.3) is 43.6 Å². The highest BCUT2D eigenvalue weighted by Crippen LogP contribution is 2.52. The van der Waals surface area contributed by atoms with E-state index in [1.54, 1.807) is 0 Å². The lowest BCUT2D eigenvalue weighted by Crippen LogP contribution is -2.15. The predicted molar refractivity (Wildman–Crippen MR) is 202 cm³/mol. The molecule has 0 aliphatic carbocycles. The van der Waals surface area contributed by atoms with Gasteiger partial charge in [-0.05, 0) is 95.7 Å². The Morgan fingerprint density at radius 3 is 1.14 bits per heavy atom. The third kappa shape index (κ3) is 3.96. The van der Waals surface area contributed by atoms with Crippen LogP contribution in [0.4, 0.5) is 34.1 Å². The van der Waals surface area contributed by atoms with Crippen LogP contribution in [-0.4, -0.2) is 9.97 Å². The minimum Gasteiger partial charge on any atom is -0.453 e. The molecule has 0 bridgehead atoms. The fourth-order valence-corrected chi connectivity index (χ4v) is 7.48. The summed E-state index contributed by atoms with van der Waals surface area (Å²) in [6, 6.07) is 54.2. The summed E-state index contributed by atoms with van der Waals surface area (Å²) in [5.41, 5.74) is 9.65. The van der Waals surface area contributed by atoms with Crippen LogP contribution in [0.15, 0.2) is 158 Å². The second-order valence-corrected chi connectivity index (χ2v) is 12.6. The van der Waals surface area contributed by atoms with Gasteiger partial charge in [-0.15, -0.1) is 0 Å². The molecule has 3 heterocycles. The highest BCUT2D eigenvalue weighted by Gasteiger charge is 2.27. The first-order valence-corrected chi connectivity index (χ1v) is 16.7. The van der Waals surface area contributed by atoms with Crippen molar-refractivity contribution >= 4 is 77.7 Å². The first-order chi connectivity index (χ1) is 24.8. The van der Waals surface area contributed by atoms with Crippen LogP contribution in [0, 0.1) is 0 Å². The summed E-state index contributed by atoms with van der Waals surface area (Å²) in [5.74, 6) is 3.33. The van der Waals surface area contributed by atoms with Gasteiger partial charge in [0.2, 0.25) is 0 Å². The molecule has 0 N–H and O–H groups in total. The van der Waals surface area contributed by atoms with Crippen LogP contribution >= 0.6 is 0 Å². The SMILES string of the molecule is c1ccc2c(c1)Oc1ccccc1N2c1ccc2c(ccc3nc4ccc5cc(N6c7ccccc7Oc7ccccc76)ccc5c4nc32)c1. The topological polar surface area (TPSA) is 50.7 Å². The summed E-state index contributed by atoms with van der Waals surface area (Å²) in [7, 11) is 0. The van der Waals surface area contributed by atoms with E-state index in [0.29, 0.717) is 0 Å². The summed E-state index contributed by atoms with van der Waals surface area (Å²) in [5, 5.41) is 4.31. The molecule has 6 nitrogen and oxygen atoms in total. The normalized spacial score (nSPS) is 13.0. The van der Waals surface area contributed by atoms with E-state index in [1.165, 1.54) is 0 Å². The molecule has 11 rings (SSSR count). The Morgan fingerprint density at radius 2 is 0.740 bits per heavy atom. The highest BCUT2D eigenvalue weighted by atomic mass is 16.5. The van der Waals surface area contributed by atoms with Crippen molar-refractivity contribution in [1.82, 2.24) is 9.97 Å². The Bertz CT molecular complexity index is 2580. The van der Waals surface area contributed by atoms with Crippen LogP contribution in [0.5, 0.6) is 23.0 Å². The number of para-hydroxylation sites is 8. The van der Waals surface area contributed by atoms with Gasteiger partial charge in [-0.2, -0.15) is 0 Å². The standard InChI is InChI=1S/C44H26N4O2/c1-5-13-39-35(9-1)47(36-10-2-6-14-40(36)49-39)29-19-21-31-27(25-29)17-23-33-43(31)46-44-32-22-20-30(26-28(32)18-24-34(44)45-33)48-37-11-3-7-15-41(37)50-42-16-8-4-12-38(42)48/h1-26H. The molecule has 234 valence electrons. The quantitative estimate of drug-likeness (QED) is 0.138. The summed E-state index contributed by atoms with van der Waals surface area (Å²) in [4.78, 5) is 15.0. The number of ether oxygens (including phenoxy) is 2. The van der Waals surface area contributed by atoms with E-state index in [1.807, 2.05) is 72.8 Å². The zero-order valence-electron chi connectivity index (χ0n) is 26.6. The van der Waals surface area contributed by atoms with Gasteiger partial charge in [-0.25, -0.2) is 9.97 Å². The molecule has 0 radical (unpaired) electrons. The first-order valence-electron chi connectivity index (χ1n) is 16.7. The molecule has 0 fully saturated rings. The molecule has 2 aliphatic rings. The number of nitrogens with zero attached hydrogens (tertiary/aromatic N) is 4. The molecular weight excluding hydrogens is 617 g/mol. The monoisotopic (exact) mass is 642 g/mol. The number of aromatic nitrogens is 2. The van der Waals surface area contributed by atoms with E-state index >= 15 is 0 Å². The minimum absolute atomic E-state index is 0.833.